The van der Waals surface area contributed by atoms with Gasteiger partial charge in [0.2, 0.25) is 5.78 Å². The third kappa shape index (κ3) is 1.33. The first-order valence-electron chi connectivity index (χ1n) is 6.62. The first kappa shape index (κ1) is 11.6. The molecule has 2 aliphatic rings. The maximum Gasteiger partial charge on any atom is 0.285 e. The van der Waals surface area contributed by atoms with Gasteiger partial charge in [0.25, 0.3) is 5.95 Å². The number of aromatic hydroxyl groups is 1. The van der Waals surface area contributed by atoms with Gasteiger partial charge in [-0.15, -0.1) is 0 Å². The number of carbonyl (C=O) groups excluding carboxylic acids is 1. The van der Waals surface area contributed by atoms with Crippen LogP contribution < -0.4 is 0 Å². The third-order valence-corrected chi connectivity index (χ3v) is 4.49. The van der Waals surface area contributed by atoms with Crippen LogP contribution in [0.5, 0.6) is 5.95 Å². The summed E-state index contributed by atoms with van der Waals surface area (Å²) in [5.74, 6) is 0.899. The van der Waals surface area contributed by atoms with Crippen molar-refractivity contribution in [1.29, 1.82) is 0 Å². The highest BCUT2D eigenvalue weighted by molar-refractivity contribution is 6.10. The number of furan rings is 1. The van der Waals surface area contributed by atoms with Crippen LogP contribution in [-0.2, 0) is 0 Å². The molecule has 0 aromatic carbocycles. The van der Waals surface area contributed by atoms with E-state index in [-0.39, 0.29) is 17.6 Å². The van der Waals surface area contributed by atoms with E-state index in [4.69, 9.17) is 4.42 Å². The van der Waals surface area contributed by atoms with Gasteiger partial charge in [-0.2, -0.15) is 0 Å². The molecule has 1 aromatic heterocycles. The summed E-state index contributed by atoms with van der Waals surface area (Å²) in [5, 5.41) is 9.71. The zero-order valence-corrected chi connectivity index (χ0v) is 11.0. The number of ketones is 1. The average Bonchev–Trinajstić information content (AvgIpc) is 2.63. The molecule has 0 radical (unpaired) electrons. The first-order valence-corrected chi connectivity index (χ1v) is 6.62. The Morgan fingerprint density at radius 3 is 2.78 bits per heavy atom. The lowest BCUT2D eigenvalue weighted by Gasteiger charge is -2.33. The zero-order valence-electron chi connectivity index (χ0n) is 11.0. The number of allylic oxidation sites excluding steroid dienone is 2. The van der Waals surface area contributed by atoms with Crippen molar-refractivity contribution in [2.45, 2.75) is 46.0 Å². The molecule has 3 heteroatoms. The lowest BCUT2D eigenvalue weighted by Crippen LogP contribution is -2.25. The number of rotatable bonds is 0. The minimum absolute atomic E-state index is 0.00644. The summed E-state index contributed by atoms with van der Waals surface area (Å²) in [6.45, 7) is 6.13. The van der Waals surface area contributed by atoms with Gasteiger partial charge in [-0.25, -0.2) is 0 Å². The highest BCUT2D eigenvalue weighted by Crippen LogP contribution is 2.48. The fraction of sp³-hybridized carbons (Fsp3) is 0.533. The second-order valence-electron chi connectivity index (χ2n) is 5.55. The van der Waals surface area contributed by atoms with E-state index < -0.39 is 0 Å². The highest BCUT2D eigenvalue weighted by Gasteiger charge is 2.39. The molecule has 0 aliphatic heterocycles. The Morgan fingerprint density at radius 2 is 2.06 bits per heavy atom. The summed E-state index contributed by atoms with van der Waals surface area (Å²) in [6.07, 6.45) is 3.07. The molecule has 2 atom stereocenters. The van der Waals surface area contributed by atoms with E-state index in [0.29, 0.717) is 11.7 Å². The van der Waals surface area contributed by atoms with Gasteiger partial charge in [-0.1, -0.05) is 19.4 Å². The molecule has 3 rings (SSSR count). The molecule has 18 heavy (non-hydrogen) atoms. The number of fused-ring (bicyclic) bond motifs is 1. The Bertz CT molecular complexity index is 563. The van der Waals surface area contributed by atoms with E-state index in [1.807, 2.05) is 6.92 Å². The topological polar surface area (TPSA) is 50.4 Å². The summed E-state index contributed by atoms with van der Waals surface area (Å²) in [7, 11) is 0. The predicted molar refractivity (Wildman–Crippen MR) is 67.9 cm³/mol. The van der Waals surface area contributed by atoms with Gasteiger partial charge in [-0.3, -0.25) is 4.79 Å². The smallest absolute Gasteiger partial charge is 0.285 e. The Hall–Kier alpha value is -1.51. The minimum atomic E-state index is -0.104. The standard InChI is InChI=1S/C15H18O3/c1-7-5-4-6-10-11(7)8(2)12-9(3)15(17)18-14(12)13(10)16/h7-8,17H,4-6H2,1-3H3/t7-,8-/m0/s1. The summed E-state index contributed by atoms with van der Waals surface area (Å²) in [6, 6.07) is 0. The molecule has 2 aliphatic carbocycles. The van der Waals surface area contributed by atoms with Crippen molar-refractivity contribution < 1.29 is 14.3 Å². The van der Waals surface area contributed by atoms with Crippen molar-refractivity contribution in [1.82, 2.24) is 0 Å². The second kappa shape index (κ2) is 3.74. The molecule has 1 aromatic rings. The SMILES string of the molecule is Cc1c(O)oc2c1[C@@H](C)C1=C(CCC[C@@H]1C)C2=O. The molecule has 0 fully saturated rings. The molecule has 0 spiro atoms. The summed E-state index contributed by atoms with van der Waals surface area (Å²) < 4.78 is 5.28. The summed E-state index contributed by atoms with van der Waals surface area (Å²) in [4.78, 5) is 12.4. The summed E-state index contributed by atoms with van der Waals surface area (Å²) >= 11 is 0. The molecule has 1 heterocycles. The normalized spacial score (nSPS) is 27.2. The first-order chi connectivity index (χ1) is 8.52. The average molecular weight is 246 g/mol. The van der Waals surface area contributed by atoms with Crippen molar-refractivity contribution in [2.75, 3.05) is 0 Å². The van der Waals surface area contributed by atoms with Crippen LogP contribution in [0.25, 0.3) is 0 Å². The molecule has 0 unspecified atom stereocenters. The Labute approximate surface area is 106 Å². The largest absolute Gasteiger partial charge is 0.480 e. The molecule has 0 bridgehead atoms. The van der Waals surface area contributed by atoms with E-state index in [0.717, 1.165) is 36.0 Å². The van der Waals surface area contributed by atoms with Crippen LogP contribution in [0, 0.1) is 12.8 Å². The van der Waals surface area contributed by atoms with Crippen LogP contribution in [0.3, 0.4) is 0 Å². The van der Waals surface area contributed by atoms with Crippen LogP contribution in [0.4, 0.5) is 0 Å². The van der Waals surface area contributed by atoms with Gasteiger partial charge in [0.05, 0.1) is 0 Å². The minimum Gasteiger partial charge on any atom is -0.480 e. The van der Waals surface area contributed by atoms with E-state index in [1.54, 1.807) is 0 Å². The van der Waals surface area contributed by atoms with Crippen LogP contribution in [-0.4, -0.2) is 10.9 Å². The Balaban J connectivity index is 2.22. The van der Waals surface area contributed by atoms with Gasteiger partial charge >= 0.3 is 0 Å². The maximum atomic E-state index is 12.4. The van der Waals surface area contributed by atoms with E-state index in [1.165, 1.54) is 5.57 Å². The molecule has 0 saturated carbocycles. The number of hydrogen-bond acceptors (Lipinski definition) is 3. The van der Waals surface area contributed by atoms with Crippen LogP contribution >= 0.6 is 0 Å². The lowest BCUT2D eigenvalue weighted by atomic mass is 9.70. The van der Waals surface area contributed by atoms with Crippen LogP contribution in [0.1, 0.15) is 60.7 Å². The Morgan fingerprint density at radius 1 is 1.33 bits per heavy atom. The van der Waals surface area contributed by atoms with Crippen molar-refractivity contribution in [2.24, 2.45) is 5.92 Å². The molecule has 96 valence electrons. The maximum absolute atomic E-state index is 12.4. The summed E-state index contributed by atoms with van der Waals surface area (Å²) in [5.41, 5.74) is 3.81. The molecular formula is C15H18O3. The number of Topliss-reactive ketones (excluding diaryl/α,β-unsaturated/α-hetero) is 1. The van der Waals surface area contributed by atoms with E-state index in [2.05, 4.69) is 13.8 Å². The van der Waals surface area contributed by atoms with Gasteiger partial charge in [0, 0.05) is 22.6 Å². The van der Waals surface area contributed by atoms with Gasteiger partial charge in [0.15, 0.2) is 5.76 Å². The van der Waals surface area contributed by atoms with Gasteiger partial charge in [0.1, 0.15) is 0 Å². The second-order valence-corrected chi connectivity index (χ2v) is 5.55. The molecule has 3 nitrogen and oxygen atoms in total. The highest BCUT2D eigenvalue weighted by atomic mass is 16.5. The quantitative estimate of drug-likeness (QED) is 0.759. The number of carbonyl (C=O) groups is 1. The predicted octanol–water partition coefficient (Wildman–Crippen LogP) is 3.71. The lowest BCUT2D eigenvalue weighted by molar-refractivity contribution is 0.0982. The van der Waals surface area contributed by atoms with Gasteiger partial charge < -0.3 is 9.52 Å². The monoisotopic (exact) mass is 246 g/mol. The van der Waals surface area contributed by atoms with Crippen molar-refractivity contribution >= 4 is 5.78 Å². The van der Waals surface area contributed by atoms with Gasteiger partial charge in [-0.05, 0) is 32.1 Å². The molecule has 0 saturated heterocycles. The van der Waals surface area contributed by atoms with Crippen LogP contribution in [0.15, 0.2) is 15.6 Å². The fourth-order valence-corrected chi connectivity index (χ4v) is 3.61. The molecular weight excluding hydrogens is 228 g/mol. The van der Waals surface area contributed by atoms with Crippen LogP contribution in [0.2, 0.25) is 0 Å². The fourth-order valence-electron chi connectivity index (χ4n) is 3.61. The molecule has 0 amide bonds. The van der Waals surface area contributed by atoms with Crippen molar-refractivity contribution in [3.63, 3.8) is 0 Å². The third-order valence-electron chi connectivity index (χ3n) is 4.49. The van der Waals surface area contributed by atoms with Crippen molar-refractivity contribution in [3.8, 4) is 5.95 Å². The number of hydrogen-bond donors (Lipinski definition) is 1. The zero-order chi connectivity index (χ0) is 13.0. The Kier molecular flexibility index (Phi) is 2.40. The van der Waals surface area contributed by atoms with E-state index >= 15 is 0 Å². The van der Waals surface area contributed by atoms with E-state index in [9.17, 15) is 9.90 Å². The molecule has 1 N–H and O–H groups in total. The van der Waals surface area contributed by atoms with Crippen molar-refractivity contribution in [3.05, 3.63) is 28.0 Å².